The average Bonchev–Trinajstić information content (AvgIpc) is 3.30. The van der Waals surface area contributed by atoms with Crippen molar-refractivity contribution in [2.24, 2.45) is 5.41 Å². The quantitative estimate of drug-likeness (QED) is 0.120. The lowest BCUT2D eigenvalue weighted by molar-refractivity contribution is -0.143. The minimum atomic E-state index is -2.03. The second kappa shape index (κ2) is 15.8. The van der Waals surface area contributed by atoms with Crippen molar-refractivity contribution in [2.45, 2.75) is 60.0 Å². The number of unbranched alkanes of at least 4 members (excludes halogenated alkanes) is 1. The van der Waals surface area contributed by atoms with E-state index in [-0.39, 0.29) is 24.5 Å². The fraction of sp³-hybridized carbons (Fsp3) is 0.371. The van der Waals surface area contributed by atoms with E-state index in [1.807, 2.05) is 43.3 Å². The Balaban J connectivity index is 1.51. The van der Waals surface area contributed by atoms with E-state index in [4.69, 9.17) is 13.7 Å². The third kappa shape index (κ3) is 8.91. The van der Waals surface area contributed by atoms with Crippen LogP contribution in [0.1, 0.15) is 51.7 Å². The Morgan fingerprint density at radius 2 is 1.71 bits per heavy atom. The minimum absolute atomic E-state index is 0.143. The van der Waals surface area contributed by atoms with Crippen LogP contribution < -0.4 is 23.7 Å². The van der Waals surface area contributed by atoms with Crippen LogP contribution in [-0.2, 0) is 32.2 Å². The fourth-order valence-electron chi connectivity index (χ4n) is 4.90. The number of carbonyl (C=O) groups excluding carboxylic acids is 4. The monoisotopic (exact) mass is 678 g/mol. The van der Waals surface area contributed by atoms with Crippen molar-refractivity contribution >= 4 is 46.3 Å². The standard InChI is InChI=1S/C35H42N4O8S/c1-7-8-18-46-27-17-14-23(2)19-29(27)47-48(44)37-25-15-16-26(28(20-25)45-6)36-33(42)31(32(41)35(3,4)5)39-30(40)22-38(34(39)43)21-24-12-10-9-11-13-24/h9-17,19-20,31,37H,7-8,18,21-22H2,1-6H3,(H,36,42). The number of carbonyl (C=O) groups is 4. The van der Waals surface area contributed by atoms with E-state index in [1.54, 1.807) is 32.9 Å². The molecule has 256 valence electrons. The molecule has 2 N–H and O–H groups in total. The molecule has 0 aromatic heterocycles. The summed E-state index contributed by atoms with van der Waals surface area (Å²) in [5.74, 6) is -1.19. The number of urea groups is 1. The molecule has 0 saturated carbocycles. The molecule has 1 heterocycles. The van der Waals surface area contributed by atoms with Crippen LogP contribution in [0.15, 0.2) is 66.7 Å². The molecule has 3 aromatic carbocycles. The smallest absolute Gasteiger partial charge is 0.328 e. The molecule has 13 heteroatoms. The number of rotatable bonds is 15. The van der Waals surface area contributed by atoms with Gasteiger partial charge in [0.1, 0.15) is 12.3 Å². The molecule has 1 saturated heterocycles. The second-order valence-corrected chi connectivity index (χ2v) is 13.2. The molecule has 0 aliphatic carbocycles. The normalized spacial score (nSPS) is 14.4. The highest BCUT2D eigenvalue weighted by Gasteiger charge is 2.49. The van der Waals surface area contributed by atoms with Crippen LogP contribution in [0.25, 0.3) is 0 Å². The first-order chi connectivity index (χ1) is 22.8. The predicted molar refractivity (Wildman–Crippen MR) is 183 cm³/mol. The van der Waals surface area contributed by atoms with Crippen molar-refractivity contribution in [1.29, 1.82) is 0 Å². The summed E-state index contributed by atoms with van der Waals surface area (Å²) in [4.78, 5) is 56.1. The molecule has 3 aromatic rings. The largest absolute Gasteiger partial charge is 0.494 e. The maximum absolute atomic E-state index is 13.8. The Morgan fingerprint density at radius 1 is 0.979 bits per heavy atom. The van der Waals surface area contributed by atoms with Gasteiger partial charge in [0.2, 0.25) is 0 Å². The maximum Gasteiger partial charge on any atom is 0.328 e. The van der Waals surface area contributed by atoms with Crippen LogP contribution in [0, 0.1) is 12.3 Å². The van der Waals surface area contributed by atoms with E-state index in [9.17, 15) is 23.4 Å². The number of Topliss-reactive ketones (excluding diaryl/α,β-unsaturated/α-hetero) is 1. The number of nitrogens with zero attached hydrogens (tertiary/aromatic N) is 2. The molecule has 1 aliphatic heterocycles. The van der Waals surface area contributed by atoms with Gasteiger partial charge in [-0.3, -0.25) is 19.1 Å². The zero-order valence-electron chi connectivity index (χ0n) is 28.0. The van der Waals surface area contributed by atoms with Crippen LogP contribution >= 0.6 is 0 Å². The van der Waals surface area contributed by atoms with Gasteiger partial charge >= 0.3 is 17.3 Å². The highest BCUT2D eigenvalue weighted by atomic mass is 32.2. The Hall–Kier alpha value is -4.91. The van der Waals surface area contributed by atoms with Gasteiger partial charge in [-0.25, -0.2) is 9.69 Å². The van der Waals surface area contributed by atoms with Gasteiger partial charge < -0.3 is 23.9 Å². The summed E-state index contributed by atoms with van der Waals surface area (Å²) < 4.78 is 32.6. The summed E-state index contributed by atoms with van der Waals surface area (Å²) in [7, 11) is 1.38. The number of aryl methyl sites for hydroxylation is 1. The molecule has 1 aliphatic rings. The van der Waals surface area contributed by atoms with E-state index in [2.05, 4.69) is 17.0 Å². The fourth-order valence-corrected chi connectivity index (χ4v) is 5.55. The Labute approximate surface area is 283 Å². The van der Waals surface area contributed by atoms with Crippen LogP contribution in [-0.4, -0.2) is 63.9 Å². The number of benzene rings is 3. The molecule has 48 heavy (non-hydrogen) atoms. The Morgan fingerprint density at radius 3 is 2.38 bits per heavy atom. The van der Waals surface area contributed by atoms with Crippen molar-refractivity contribution in [1.82, 2.24) is 9.80 Å². The van der Waals surface area contributed by atoms with Gasteiger partial charge in [0.25, 0.3) is 11.8 Å². The van der Waals surface area contributed by atoms with E-state index in [0.717, 1.165) is 28.9 Å². The van der Waals surface area contributed by atoms with E-state index in [0.29, 0.717) is 23.8 Å². The Bertz CT molecular complexity index is 1670. The summed E-state index contributed by atoms with van der Waals surface area (Å²) in [6.45, 7) is 9.14. The van der Waals surface area contributed by atoms with Crippen molar-refractivity contribution in [2.75, 3.05) is 30.3 Å². The zero-order valence-corrected chi connectivity index (χ0v) is 28.8. The first-order valence-electron chi connectivity index (χ1n) is 15.6. The highest BCUT2D eigenvalue weighted by molar-refractivity contribution is 7.82. The number of ketones is 1. The average molecular weight is 679 g/mol. The highest BCUT2D eigenvalue weighted by Crippen LogP contribution is 2.32. The molecular formula is C35H42N4O8S. The van der Waals surface area contributed by atoms with Crippen molar-refractivity contribution in [3.8, 4) is 17.2 Å². The number of hydrogen-bond acceptors (Lipinski definition) is 8. The van der Waals surface area contributed by atoms with E-state index >= 15 is 0 Å². The number of ether oxygens (including phenoxy) is 2. The third-order valence-corrected chi connectivity index (χ3v) is 8.20. The first-order valence-corrected chi connectivity index (χ1v) is 16.7. The molecule has 2 unspecified atom stereocenters. The van der Waals surface area contributed by atoms with Gasteiger partial charge in [-0.15, -0.1) is 0 Å². The van der Waals surface area contributed by atoms with Crippen molar-refractivity contribution < 1.29 is 37.0 Å². The number of imide groups is 1. The lowest BCUT2D eigenvalue weighted by Crippen LogP contribution is -2.55. The lowest BCUT2D eigenvalue weighted by atomic mass is 9.85. The molecule has 0 radical (unpaired) electrons. The molecule has 0 spiro atoms. The molecule has 1 fully saturated rings. The number of hydrogen-bond donors (Lipinski definition) is 2. The first kappa shape index (κ1) is 35.9. The van der Waals surface area contributed by atoms with Gasteiger partial charge in [0, 0.05) is 18.0 Å². The molecule has 0 bridgehead atoms. The van der Waals surface area contributed by atoms with Crippen LogP contribution in [0.4, 0.5) is 16.2 Å². The van der Waals surface area contributed by atoms with Crippen LogP contribution in [0.3, 0.4) is 0 Å². The van der Waals surface area contributed by atoms with Gasteiger partial charge in [-0.1, -0.05) is 70.5 Å². The molecule has 4 amide bonds. The summed E-state index contributed by atoms with van der Waals surface area (Å²) >= 11 is -2.03. The molecular weight excluding hydrogens is 636 g/mol. The number of nitrogens with one attached hydrogen (secondary N) is 2. The predicted octanol–water partition coefficient (Wildman–Crippen LogP) is 5.64. The molecule has 12 nitrogen and oxygen atoms in total. The third-order valence-electron chi connectivity index (χ3n) is 7.46. The summed E-state index contributed by atoms with van der Waals surface area (Å²) in [6, 6.07) is 16.5. The number of amides is 4. The van der Waals surface area contributed by atoms with Crippen molar-refractivity contribution in [3.63, 3.8) is 0 Å². The maximum atomic E-state index is 13.8. The van der Waals surface area contributed by atoms with Gasteiger partial charge in [-0.05, 0) is 48.7 Å². The molecule has 4 rings (SSSR count). The molecule has 2 atom stereocenters. The summed E-state index contributed by atoms with van der Waals surface area (Å²) in [6.07, 6.45) is 1.82. The number of anilines is 2. The van der Waals surface area contributed by atoms with Gasteiger partial charge in [0.15, 0.2) is 23.3 Å². The topological polar surface area (TPSA) is 144 Å². The SMILES string of the molecule is CCCCOc1ccc(C)cc1OS(=O)Nc1ccc(NC(=O)C(C(=O)C(C)(C)C)N2C(=O)CN(Cc3ccccc3)C2=O)c(OC)c1. The Kier molecular flexibility index (Phi) is 11.8. The van der Waals surface area contributed by atoms with Gasteiger partial charge in [-0.2, -0.15) is 4.21 Å². The van der Waals surface area contributed by atoms with Crippen LogP contribution in [0.2, 0.25) is 0 Å². The number of methoxy groups -OCH3 is 1. The zero-order chi connectivity index (χ0) is 35.0. The minimum Gasteiger partial charge on any atom is -0.494 e. The summed E-state index contributed by atoms with van der Waals surface area (Å²) in [5, 5.41) is 2.65. The second-order valence-electron chi connectivity index (χ2n) is 12.4. The van der Waals surface area contributed by atoms with Gasteiger partial charge in [0.05, 0.1) is 25.1 Å². The van der Waals surface area contributed by atoms with Crippen LogP contribution in [0.5, 0.6) is 17.2 Å². The van der Waals surface area contributed by atoms with E-state index in [1.165, 1.54) is 30.2 Å². The summed E-state index contributed by atoms with van der Waals surface area (Å²) in [5.41, 5.74) is 1.14. The van der Waals surface area contributed by atoms with Crippen molar-refractivity contribution in [3.05, 3.63) is 77.9 Å². The lowest BCUT2D eigenvalue weighted by Gasteiger charge is -2.29. The van der Waals surface area contributed by atoms with E-state index < -0.39 is 46.4 Å².